The summed E-state index contributed by atoms with van der Waals surface area (Å²) in [6.07, 6.45) is 19.8. The lowest BCUT2D eigenvalue weighted by Gasteiger charge is -2.06. The Bertz CT molecular complexity index is 795. The Hall–Kier alpha value is -2.17. The fraction of sp³-hybridized carbons (Fsp3) is 0.629. The maximum Gasteiger partial charge on any atom is 0.333 e. The molecular formula is C35H62O4. The normalized spacial score (nSPS) is 12.2. The first-order valence-electron chi connectivity index (χ1n) is 14.5. The highest BCUT2D eigenvalue weighted by molar-refractivity contribution is 5.87. The van der Waals surface area contributed by atoms with Crippen molar-refractivity contribution < 1.29 is 19.7 Å². The summed E-state index contributed by atoms with van der Waals surface area (Å²) < 4.78 is 5.09. The topological polar surface area (TPSA) is 66.8 Å². The molecule has 4 nitrogen and oxygen atoms in total. The van der Waals surface area contributed by atoms with Gasteiger partial charge in [0, 0.05) is 12.2 Å². The Morgan fingerprint density at radius 3 is 1.56 bits per heavy atom. The summed E-state index contributed by atoms with van der Waals surface area (Å²) in [7, 11) is 0. The van der Waals surface area contributed by atoms with Crippen molar-refractivity contribution in [3.05, 3.63) is 69.9 Å². The van der Waals surface area contributed by atoms with Crippen molar-refractivity contribution in [3.63, 3.8) is 0 Å². The van der Waals surface area contributed by atoms with Crippen LogP contribution in [-0.4, -0.2) is 36.0 Å². The Morgan fingerprint density at radius 2 is 1.15 bits per heavy atom. The monoisotopic (exact) mass is 546 g/mol. The summed E-state index contributed by atoms with van der Waals surface area (Å²) in [5, 5.41) is 17.2. The second-order valence-corrected chi connectivity index (χ2v) is 11.0. The van der Waals surface area contributed by atoms with E-state index in [0.29, 0.717) is 24.7 Å². The first-order valence-corrected chi connectivity index (χ1v) is 14.5. The quantitative estimate of drug-likeness (QED) is 0.122. The van der Waals surface area contributed by atoms with E-state index in [9.17, 15) is 4.79 Å². The number of hydrogen-bond donors (Lipinski definition) is 2. The van der Waals surface area contributed by atoms with E-state index in [-0.39, 0.29) is 12.6 Å². The number of esters is 1. The van der Waals surface area contributed by atoms with Gasteiger partial charge in [0.1, 0.15) is 6.61 Å². The molecule has 0 radical (unpaired) electrons. The van der Waals surface area contributed by atoms with Crippen LogP contribution in [0.5, 0.6) is 0 Å². The van der Waals surface area contributed by atoms with Crippen LogP contribution in [-0.2, 0) is 9.53 Å². The second-order valence-electron chi connectivity index (χ2n) is 11.0. The van der Waals surface area contributed by atoms with Crippen LogP contribution in [0.3, 0.4) is 0 Å². The Morgan fingerprint density at radius 1 is 0.692 bits per heavy atom. The van der Waals surface area contributed by atoms with E-state index in [0.717, 1.165) is 38.5 Å². The van der Waals surface area contributed by atoms with Gasteiger partial charge in [-0.3, -0.25) is 0 Å². The van der Waals surface area contributed by atoms with Gasteiger partial charge >= 0.3 is 5.97 Å². The number of carbonyl (C=O) groups excluding carboxylic acids is 1. The van der Waals surface area contributed by atoms with Crippen LogP contribution in [0.4, 0.5) is 0 Å². The van der Waals surface area contributed by atoms with E-state index < -0.39 is 0 Å². The van der Waals surface area contributed by atoms with Crippen molar-refractivity contribution in [3.8, 4) is 0 Å². The fourth-order valence-electron chi connectivity index (χ4n) is 3.05. The number of allylic oxidation sites excluding steroid dienone is 9. The minimum atomic E-state index is -0.235. The molecule has 2 N–H and O–H groups in total. The first-order chi connectivity index (χ1) is 18.3. The lowest BCUT2D eigenvalue weighted by Crippen LogP contribution is -2.05. The number of ether oxygens (including phenoxy) is 1. The van der Waals surface area contributed by atoms with Crippen LogP contribution in [0.1, 0.15) is 121 Å². The minimum Gasteiger partial charge on any atom is -0.458 e. The zero-order chi connectivity index (χ0) is 30.6. The third-order valence-corrected chi connectivity index (χ3v) is 5.86. The summed E-state index contributed by atoms with van der Waals surface area (Å²) in [6, 6.07) is 0. The van der Waals surface area contributed by atoms with Crippen LogP contribution in [0.25, 0.3) is 0 Å². The summed E-state index contributed by atoms with van der Waals surface area (Å²) in [4.78, 5) is 11.3. The van der Waals surface area contributed by atoms with E-state index in [1.165, 1.54) is 34.3 Å². The lowest BCUT2D eigenvalue weighted by molar-refractivity contribution is -0.137. The summed E-state index contributed by atoms with van der Waals surface area (Å²) in [5.74, 6) is 0.427. The third kappa shape index (κ3) is 35.8. The van der Waals surface area contributed by atoms with E-state index >= 15 is 0 Å². The molecule has 1 atom stereocenters. The van der Waals surface area contributed by atoms with Crippen molar-refractivity contribution in [1.29, 1.82) is 0 Å². The van der Waals surface area contributed by atoms with Crippen molar-refractivity contribution in [2.75, 3.05) is 19.8 Å². The van der Waals surface area contributed by atoms with E-state index in [2.05, 4.69) is 80.5 Å². The molecule has 0 aliphatic heterocycles. The molecule has 1 unspecified atom stereocenters. The number of carbonyl (C=O) groups is 1. The molecule has 0 aromatic rings. The minimum absolute atomic E-state index is 0.167. The van der Waals surface area contributed by atoms with Crippen molar-refractivity contribution in [2.24, 2.45) is 5.92 Å². The predicted molar refractivity (Wildman–Crippen MR) is 172 cm³/mol. The van der Waals surface area contributed by atoms with E-state index in [4.69, 9.17) is 14.9 Å². The maximum absolute atomic E-state index is 11.3. The van der Waals surface area contributed by atoms with Crippen LogP contribution >= 0.6 is 0 Å². The highest BCUT2D eigenvalue weighted by atomic mass is 16.5. The van der Waals surface area contributed by atoms with Crippen LogP contribution < -0.4 is 0 Å². The molecule has 0 fully saturated rings. The van der Waals surface area contributed by atoms with E-state index in [1.807, 2.05) is 19.1 Å². The fourth-order valence-corrected chi connectivity index (χ4v) is 3.05. The van der Waals surface area contributed by atoms with Crippen molar-refractivity contribution in [1.82, 2.24) is 0 Å². The summed E-state index contributed by atoms with van der Waals surface area (Å²) in [6.45, 7) is 23.4. The molecule has 0 aromatic carbocycles. The van der Waals surface area contributed by atoms with Crippen molar-refractivity contribution in [2.45, 2.75) is 121 Å². The summed E-state index contributed by atoms with van der Waals surface area (Å²) >= 11 is 0. The molecule has 0 aliphatic carbocycles. The molecule has 0 saturated heterocycles. The average molecular weight is 547 g/mol. The molecule has 4 heteroatoms. The SMILES string of the molecule is C/C=C(\C)C(=O)OC/C=C(\C)CCC=C(C)C.CC(C)=CCC/C(C)=C\CO.CC(C)=CCCC(C)CCO. The largest absolute Gasteiger partial charge is 0.458 e. The van der Waals surface area contributed by atoms with Gasteiger partial charge in [-0.15, -0.1) is 0 Å². The maximum atomic E-state index is 11.3. The Balaban J connectivity index is -0.000000519. The van der Waals surface area contributed by atoms with Gasteiger partial charge in [0.2, 0.25) is 0 Å². The van der Waals surface area contributed by atoms with Gasteiger partial charge in [0.05, 0.1) is 6.61 Å². The van der Waals surface area contributed by atoms with E-state index in [1.54, 1.807) is 13.0 Å². The Kier molecular flexibility index (Phi) is 30.5. The highest BCUT2D eigenvalue weighted by Crippen LogP contribution is 2.11. The molecule has 0 heterocycles. The van der Waals surface area contributed by atoms with Crippen molar-refractivity contribution >= 4 is 5.97 Å². The smallest absolute Gasteiger partial charge is 0.333 e. The van der Waals surface area contributed by atoms with Gasteiger partial charge in [-0.2, -0.15) is 0 Å². The zero-order valence-electron chi connectivity index (χ0n) is 27.3. The van der Waals surface area contributed by atoms with Gasteiger partial charge in [0.15, 0.2) is 0 Å². The predicted octanol–water partition coefficient (Wildman–Crippen LogP) is 9.61. The third-order valence-electron chi connectivity index (χ3n) is 5.86. The van der Waals surface area contributed by atoms with Gasteiger partial charge in [-0.05, 0) is 126 Å². The molecule has 0 bridgehead atoms. The molecule has 39 heavy (non-hydrogen) atoms. The second kappa shape index (κ2) is 28.8. The number of hydrogen-bond acceptors (Lipinski definition) is 4. The number of rotatable bonds is 15. The summed E-state index contributed by atoms with van der Waals surface area (Å²) in [5.41, 5.74) is 7.27. The van der Waals surface area contributed by atoms with Crippen LogP contribution in [0, 0.1) is 5.92 Å². The molecule has 0 spiro atoms. The Labute approximate surface area is 242 Å². The van der Waals surface area contributed by atoms with Crippen LogP contribution in [0.2, 0.25) is 0 Å². The molecule has 0 saturated carbocycles. The molecule has 0 aromatic heterocycles. The number of aliphatic hydroxyl groups excluding tert-OH is 2. The lowest BCUT2D eigenvalue weighted by atomic mass is 10.0. The molecular weight excluding hydrogens is 484 g/mol. The molecule has 0 aliphatic rings. The average Bonchev–Trinajstić information content (AvgIpc) is 2.84. The van der Waals surface area contributed by atoms with Crippen LogP contribution in [0.15, 0.2) is 69.9 Å². The van der Waals surface area contributed by atoms with Gasteiger partial charge < -0.3 is 14.9 Å². The standard InChI is InChI=1S/C15H24O2.C10H20O.C10H18O/c1-6-14(5)15(16)17-11-10-13(4)9-7-8-12(2)3;2*1-9(2)5-4-6-10(3)7-8-11/h6,8,10H,7,9,11H2,1-5H3;5,10-11H,4,6-8H2,1-3H3;5,7,11H,4,6,8H2,1-3H3/b13-10+,14-6+;;10-7-. The molecule has 226 valence electrons. The van der Waals surface area contributed by atoms with Gasteiger partial charge in [-0.25, -0.2) is 4.79 Å². The first kappa shape index (κ1) is 41.3. The number of aliphatic hydroxyl groups is 2. The molecule has 0 amide bonds. The zero-order valence-corrected chi connectivity index (χ0v) is 27.3. The van der Waals surface area contributed by atoms with Gasteiger partial charge in [0.25, 0.3) is 0 Å². The molecule has 0 rings (SSSR count). The van der Waals surface area contributed by atoms with Gasteiger partial charge in [-0.1, -0.05) is 65.2 Å². The highest BCUT2D eigenvalue weighted by Gasteiger charge is 2.02.